The molecular weight excluding hydrogens is 194 g/mol. The van der Waals surface area contributed by atoms with Crippen molar-refractivity contribution in [3.05, 3.63) is 0 Å². The van der Waals surface area contributed by atoms with Crippen LogP contribution in [0.4, 0.5) is 0 Å². The summed E-state index contributed by atoms with van der Waals surface area (Å²) in [6, 6.07) is 0. The summed E-state index contributed by atoms with van der Waals surface area (Å²) in [6.07, 6.45) is 5.01. The topological polar surface area (TPSA) is 32.3 Å². The van der Waals surface area contributed by atoms with Crippen molar-refractivity contribution < 1.29 is 5.11 Å². The number of aliphatic hydroxyl groups is 1. The van der Waals surface area contributed by atoms with Crippen molar-refractivity contribution in [2.45, 2.75) is 32.6 Å². The third-order valence-electron chi connectivity index (χ3n) is 3.13. The van der Waals surface area contributed by atoms with E-state index in [0.717, 1.165) is 13.1 Å². The van der Waals surface area contributed by atoms with Gasteiger partial charge < -0.3 is 10.4 Å². The zero-order valence-corrected chi connectivity index (χ0v) is 10.0. The lowest BCUT2D eigenvalue weighted by molar-refractivity contribution is 0.129. The van der Waals surface area contributed by atoms with Crippen LogP contribution in [-0.2, 0) is 0 Å². The zero-order chi connectivity index (χ0) is 10.3. The molecule has 0 aromatic carbocycles. The molecule has 2 nitrogen and oxygen atoms in total. The number of hydrogen-bond donors (Lipinski definition) is 2. The molecule has 0 radical (unpaired) electrons. The van der Waals surface area contributed by atoms with Crippen LogP contribution in [-0.4, -0.2) is 36.3 Å². The van der Waals surface area contributed by atoms with E-state index in [1.807, 2.05) is 11.8 Å². The lowest BCUT2D eigenvalue weighted by atomic mass is 9.87. The third-order valence-corrected chi connectivity index (χ3v) is 4.03. The van der Waals surface area contributed by atoms with Crippen LogP contribution in [0.15, 0.2) is 0 Å². The van der Waals surface area contributed by atoms with E-state index in [1.54, 1.807) is 0 Å². The summed E-state index contributed by atoms with van der Waals surface area (Å²) >= 11 is 1.97. The standard InChI is InChI=1S/C11H23NOS/c1-2-14-8-7-12-9-11(10-13)5-3-4-6-11/h12-13H,2-10H2,1H3. The molecule has 0 spiro atoms. The van der Waals surface area contributed by atoms with Crippen LogP contribution < -0.4 is 5.32 Å². The van der Waals surface area contributed by atoms with Crippen LogP contribution in [0.2, 0.25) is 0 Å². The molecule has 0 atom stereocenters. The molecule has 0 aromatic heterocycles. The second-order valence-corrected chi connectivity index (χ2v) is 5.63. The van der Waals surface area contributed by atoms with E-state index in [4.69, 9.17) is 0 Å². The van der Waals surface area contributed by atoms with Gasteiger partial charge in [-0.25, -0.2) is 0 Å². The second kappa shape index (κ2) is 6.70. The minimum Gasteiger partial charge on any atom is -0.396 e. The summed E-state index contributed by atoms with van der Waals surface area (Å²) in [6.45, 7) is 4.64. The summed E-state index contributed by atoms with van der Waals surface area (Å²) < 4.78 is 0. The monoisotopic (exact) mass is 217 g/mol. The molecule has 1 fully saturated rings. The highest BCUT2D eigenvalue weighted by Crippen LogP contribution is 2.36. The first-order chi connectivity index (χ1) is 6.83. The Labute approximate surface area is 91.9 Å². The highest BCUT2D eigenvalue weighted by atomic mass is 32.2. The van der Waals surface area contributed by atoms with Gasteiger partial charge in [0.05, 0.1) is 0 Å². The summed E-state index contributed by atoms with van der Waals surface area (Å²) in [4.78, 5) is 0. The van der Waals surface area contributed by atoms with Crippen molar-refractivity contribution in [3.63, 3.8) is 0 Å². The van der Waals surface area contributed by atoms with E-state index >= 15 is 0 Å². The van der Waals surface area contributed by atoms with Gasteiger partial charge in [0.25, 0.3) is 0 Å². The fourth-order valence-electron chi connectivity index (χ4n) is 2.16. The maximum Gasteiger partial charge on any atom is 0.0499 e. The van der Waals surface area contributed by atoms with Gasteiger partial charge in [-0.2, -0.15) is 11.8 Å². The zero-order valence-electron chi connectivity index (χ0n) is 9.22. The molecule has 14 heavy (non-hydrogen) atoms. The van der Waals surface area contributed by atoms with Crippen molar-refractivity contribution in [2.75, 3.05) is 31.2 Å². The van der Waals surface area contributed by atoms with Crippen LogP contribution in [0.5, 0.6) is 0 Å². The fourth-order valence-corrected chi connectivity index (χ4v) is 2.74. The molecule has 0 bridgehead atoms. The number of hydrogen-bond acceptors (Lipinski definition) is 3. The molecule has 0 aromatic rings. The Morgan fingerprint density at radius 3 is 2.64 bits per heavy atom. The molecular formula is C11H23NOS. The Morgan fingerprint density at radius 1 is 1.36 bits per heavy atom. The number of thioether (sulfide) groups is 1. The maximum absolute atomic E-state index is 9.37. The molecule has 0 unspecified atom stereocenters. The van der Waals surface area contributed by atoms with Crippen molar-refractivity contribution >= 4 is 11.8 Å². The maximum atomic E-state index is 9.37. The average molecular weight is 217 g/mol. The normalized spacial score (nSPS) is 20.1. The molecule has 0 amide bonds. The first-order valence-corrected chi connectivity index (χ1v) is 6.88. The van der Waals surface area contributed by atoms with Gasteiger partial charge in [0.15, 0.2) is 0 Å². The Hall–Kier alpha value is 0.270. The average Bonchev–Trinajstić information content (AvgIpc) is 2.67. The SMILES string of the molecule is CCSCCNCC1(CO)CCCC1. The molecule has 3 heteroatoms. The summed E-state index contributed by atoms with van der Waals surface area (Å²) in [5, 5.41) is 12.8. The minimum atomic E-state index is 0.219. The van der Waals surface area contributed by atoms with Crippen molar-refractivity contribution in [3.8, 4) is 0 Å². The second-order valence-electron chi connectivity index (χ2n) is 4.24. The first kappa shape index (κ1) is 12.3. The Morgan fingerprint density at radius 2 is 2.07 bits per heavy atom. The smallest absolute Gasteiger partial charge is 0.0499 e. The largest absolute Gasteiger partial charge is 0.396 e. The van der Waals surface area contributed by atoms with E-state index in [1.165, 1.54) is 37.2 Å². The van der Waals surface area contributed by atoms with E-state index in [2.05, 4.69) is 12.2 Å². The van der Waals surface area contributed by atoms with Gasteiger partial charge in [-0.3, -0.25) is 0 Å². The van der Waals surface area contributed by atoms with Gasteiger partial charge in [0, 0.05) is 30.9 Å². The Balaban J connectivity index is 2.08. The van der Waals surface area contributed by atoms with Crippen LogP contribution in [0.3, 0.4) is 0 Å². The first-order valence-electron chi connectivity index (χ1n) is 5.72. The van der Waals surface area contributed by atoms with E-state index < -0.39 is 0 Å². The lowest BCUT2D eigenvalue weighted by Crippen LogP contribution is -2.36. The highest BCUT2D eigenvalue weighted by molar-refractivity contribution is 7.99. The molecule has 84 valence electrons. The van der Waals surface area contributed by atoms with Gasteiger partial charge in [-0.15, -0.1) is 0 Å². The molecule has 1 aliphatic rings. The Kier molecular flexibility index (Phi) is 5.90. The van der Waals surface area contributed by atoms with Crippen molar-refractivity contribution in [1.82, 2.24) is 5.32 Å². The molecule has 0 heterocycles. The Bertz CT molecular complexity index is 146. The van der Waals surface area contributed by atoms with Gasteiger partial charge >= 0.3 is 0 Å². The fraction of sp³-hybridized carbons (Fsp3) is 1.00. The molecule has 0 aliphatic heterocycles. The van der Waals surface area contributed by atoms with E-state index in [0.29, 0.717) is 6.61 Å². The van der Waals surface area contributed by atoms with Gasteiger partial charge in [0.1, 0.15) is 0 Å². The summed E-state index contributed by atoms with van der Waals surface area (Å²) in [5.74, 6) is 2.39. The number of nitrogens with one attached hydrogen (secondary N) is 1. The predicted octanol–water partition coefficient (Wildman–Crippen LogP) is 1.88. The van der Waals surface area contributed by atoms with Crippen LogP contribution in [0.1, 0.15) is 32.6 Å². The number of rotatable bonds is 7. The summed E-state index contributed by atoms with van der Waals surface area (Å²) in [7, 11) is 0. The van der Waals surface area contributed by atoms with E-state index in [-0.39, 0.29) is 5.41 Å². The van der Waals surface area contributed by atoms with Crippen LogP contribution >= 0.6 is 11.8 Å². The predicted molar refractivity (Wildman–Crippen MR) is 63.9 cm³/mol. The third kappa shape index (κ3) is 3.79. The highest BCUT2D eigenvalue weighted by Gasteiger charge is 2.32. The van der Waals surface area contributed by atoms with Gasteiger partial charge in [-0.05, 0) is 18.6 Å². The van der Waals surface area contributed by atoms with Crippen molar-refractivity contribution in [2.24, 2.45) is 5.41 Å². The van der Waals surface area contributed by atoms with E-state index in [9.17, 15) is 5.11 Å². The summed E-state index contributed by atoms with van der Waals surface area (Å²) in [5.41, 5.74) is 0.219. The number of aliphatic hydroxyl groups excluding tert-OH is 1. The lowest BCUT2D eigenvalue weighted by Gasteiger charge is -2.26. The molecule has 1 saturated carbocycles. The molecule has 1 aliphatic carbocycles. The van der Waals surface area contributed by atoms with Gasteiger partial charge in [0.2, 0.25) is 0 Å². The molecule has 0 saturated heterocycles. The molecule has 1 rings (SSSR count). The van der Waals surface area contributed by atoms with Crippen LogP contribution in [0.25, 0.3) is 0 Å². The van der Waals surface area contributed by atoms with Gasteiger partial charge in [-0.1, -0.05) is 19.8 Å². The van der Waals surface area contributed by atoms with Crippen LogP contribution in [0, 0.1) is 5.41 Å². The molecule has 2 N–H and O–H groups in total. The minimum absolute atomic E-state index is 0.219. The quantitative estimate of drug-likeness (QED) is 0.639. The van der Waals surface area contributed by atoms with Crippen molar-refractivity contribution in [1.29, 1.82) is 0 Å².